The number of hydrogen-bond donors (Lipinski definition) is 0. The molecule has 0 heterocycles. The van der Waals surface area contributed by atoms with E-state index in [1.165, 1.54) is 141 Å². The third-order valence-electron chi connectivity index (χ3n) is 13.7. The molecule has 1 aliphatic carbocycles. The van der Waals surface area contributed by atoms with Crippen molar-refractivity contribution in [1.29, 1.82) is 0 Å². The first-order chi connectivity index (χ1) is 33.1. The third-order valence-corrected chi connectivity index (χ3v) is 13.7. The van der Waals surface area contributed by atoms with E-state index in [0.717, 1.165) is 0 Å². The smallest absolute Gasteiger partial charge is 0.0152 e. The van der Waals surface area contributed by atoms with Crippen LogP contribution in [0.2, 0.25) is 0 Å². The molecular weight excluding hydrogens is 829 g/mol. The molecule has 11 rings (SSSR count). The van der Waals surface area contributed by atoms with Gasteiger partial charge in [0, 0.05) is 0 Å². The highest BCUT2D eigenvalue weighted by Gasteiger charge is 2.12. The van der Waals surface area contributed by atoms with Crippen molar-refractivity contribution in [3.8, 4) is 0 Å². The van der Waals surface area contributed by atoms with Gasteiger partial charge < -0.3 is 0 Å². The van der Waals surface area contributed by atoms with Gasteiger partial charge in [-0.25, -0.2) is 0 Å². The fraction of sp³-hybridized carbons (Fsp3) is 0.246. The molecule has 0 fully saturated rings. The van der Waals surface area contributed by atoms with Crippen LogP contribution in [0.25, 0.3) is 43.1 Å². The van der Waals surface area contributed by atoms with Crippen LogP contribution < -0.4 is 0 Å². The van der Waals surface area contributed by atoms with Crippen LogP contribution in [0.15, 0.2) is 176 Å². The van der Waals surface area contributed by atoms with Crippen molar-refractivity contribution in [3.63, 3.8) is 0 Å². The molecule has 0 bridgehead atoms. The fourth-order valence-corrected chi connectivity index (χ4v) is 9.31. The summed E-state index contributed by atoms with van der Waals surface area (Å²) >= 11 is 0. The maximum atomic E-state index is 2.26. The lowest BCUT2D eigenvalue weighted by molar-refractivity contribution is 0.678. The predicted octanol–water partition coefficient (Wildman–Crippen LogP) is 19.6. The molecule has 0 heteroatoms. The summed E-state index contributed by atoms with van der Waals surface area (Å²) in [7, 11) is 0. The second kappa shape index (κ2) is 24.5. The molecule has 0 saturated carbocycles. The van der Waals surface area contributed by atoms with Crippen molar-refractivity contribution in [2.75, 3.05) is 0 Å². The molecule has 69 heavy (non-hydrogen) atoms. The van der Waals surface area contributed by atoms with E-state index >= 15 is 0 Å². The van der Waals surface area contributed by atoms with Crippen molar-refractivity contribution >= 4 is 43.1 Å². The standard InChI is InChI=1S/3C12H12.C12H16.C12H12.C9H12/c1-9-3-5-12-8-10(2)4-6-11(12)7-9;1-9-3-5-11-6-4-10(2)8-12(11)7-9;1-9-5-3-8-12-10(2)6-4-7-11(9)12;2*1-9-7-8-10(2)12-6-4-3-5-11(9)12;1-7-4-5-8(2)9(3)6-7/h3*3-8H,1-2H3;7-8H,3-6H2,1-2H3;3-8H,1-2H3;4-6H,1-3H3. The molecular formula is C69H76. The lowest BCUT2D eigenvalue weighted by atomic mass is 9.86. The molecule has 0 spiro atoms. The van der Waals surface area contributed by atoms with Crippen molar-refractivity contribution in [1.82, 2.24) is 0 Å². The Balaban J connectivity index is 0.000000136. The zero-order valence-corrected chi connectivity index (χ0v) is 44.1. The molecule has 0 radical (unpaired) electrons. The summed E-state index contributed by atoms with van der Waals surface area (Å²) in [6.45, 7) is 28.0. The lowest BCUT2D eigenvalue weighted by Crippen LogP contribution is -2.06. The number of hydrogen-bond acceptors (Lipinski definition) is 0. The van der Waals surface area contributed by atoms with E-state index < -0.39 is 0 Å². The largest absolute Gasteiger partial charge is 0.0616 e. The monoisotopic (exact) mass is 905 g/mol. The van der Waals surface area contributed by atoms with Crippen molar-refractivity contribution in [2.45, 2.75) is 116 Å². The van der Waals surface area contributed by atoms with E-state index in [1.807, 2.05) is 0 Å². The van der Waals surface area contributed by atoms with Crippen LogP contribution in [-0.4, -0.2) is 0 Å². The first-order valence-corrected chi connectivity index (χ1v) is 25.0. The first-order valence-electron chi connectivity index (χ1n) is 25.0. The van der Waals surface area contributed by atoms with Gasteiger partial charge >= 0.3 is 0 Å². The van der Waals surface area contributed by atoms with Crippen LogP contribution in [0.1, 0.15) is 96.3 Å². The quantitative estimate of drug-likeness (QED) is 0.142. The van der Waals surface area contributed by atoms with Crippen molar-refractivity contribution in [3.05, 3.63) is 259 Å². The molecule has 0 aliphatic heterocycles. The average Bonchev–Trinajstić information content (AvgIpc) is 3.34. The predicted molar refractivity (Wildman–Crippen MR) is 307 cm³/mol. The number of rotatable bonds is 0. The zero-order valence-electron chi connectivity index (χ0n) is 44.1. The fourth-order valence-electron chi connectivity index (χ4n) is 9.31. The first kappa shape index (κ1) is 51.6. The average molecular weight is 905 g/mol. The SMILES string of the molecule is Cc1ccc(C)c(C)c1.Cc1ccc(C)c2c1CCCC2.Cc1ccc(C)c2ccccc12.Cc1ccc2cc(C)ccc2c1.Cc1ccc2ccc(C)cc2c1.Cc1cccc2c(C)cccc12. The van der Waals surface area contributed by atoms with Gasteiger partial charge in [-0.1, -0.05) is 204 Å². The Morgan fingerprint density at radius 3 is 0.913 bits per heavy atom. The Morgan fingerprint density at radius 2 is 0.522 bits per heavy atom. The molecule has 1 aliphatic rings. The van der Waals surface area contributed by atoms with E-state index in [9.17, 15) is 0 Å². The molecule has 0 amide bonds. The van der Waals surface area contributed by atoms with E-state index in [0.29, 0.717) is 0 Å². The topological polar surface area (TPSA) is 0 Å². The highest BCUT2D eigenvalue weighted by atomic mass is 14.2. The van der Waals surface area contributed by atoms with Gasteiger partial charge in [0.2, 0.25) is 0 Å². The van der Waals surface area contributed by atoms with Gasteiger partial charge in [0.05, 0.1) is 0 Å². The van der Waals surface area contributed by atoms with Crippen LogP contribution in [-0.2, 0) is 12.8 Å². The lowest BCUT2D eigenvalue weighted by Gasteiger charge is -2.19. The van der Waals surface area contributed by atoms with Gasteiger partial charge in [-0.15, -0.1) is 0 Å². The summed E-state index contributed by atoms with van der Waals surface area (Å²) in [6, 6.07) is 63.0. The molecule has 0 N–H and O–H groups in total. The summed E-state index contributed by atoms with van der Waals surface area (Å²) in [4.78, 5) is 0. The summed E-state index contributed by atoms with van der Waals surface area (Å²) < 4.78 is 0. The van der Waals surface area contributed by atoms with Gasteiger partial charge in [0.1, 0.15) is 0 Å². The number of fused-ring (bicyclic) bond motifs is 5. The minimum Gasteiger partial charge on any atom is -0.0616 e. The summed E-state index contributed by atoms with van der Waals surface area (Å²) in [5.41, 5.74) is 21.1. The Kier molecular flexibility index (Phi) is 18.3. The zero-order chi connectivity index (χ0) is 49.6. The summed E-state index contributed by atoms with van der Waals surface area (Å²) in [5.74, 6) is 0. The second-order valence-corrected chi connectivity index (χ2v) is 19.6. The minimum absolute atomic E-state index is 1.31. The normalized spacial score (nSPS) is 11.3. The van der Waals surface area contributed by atoms with E-state index in [2.05, 4.69) is 266 Å². The van der Waals surface area contributed by atoms with Crippen molar-refractivity contribution in [2.24, 2.45) is 0 Å². The minimum atomic E-state index is 1.31. The van der Waals surface area contributed by atoms with Crippen LogP contribution >= 0.6 is 0 Å². The molecule has 352 valence electrons. The van der Waals surface area contributed by atoms with Crippen LogP contribution in [0.5, 0.6) is 0 Å². The second-order valence-electron chi connectivity index (χ2n) is 19.6. The van der Waals surface area contributed by atoms with E-state index in [4.69, 9.17) is 0 Å². The van der Waals surface area contributed by atoms with Crippen LogP contribution in [0.3, 0.4) is 0 Å². The van der Waals surface area contributed by atoms with Crippen LogP contribution in [0.4, 0.5) is 0 Å². The van der Waals surface area contributed by atoms with E-state index in [1.54, 1.807) is 11.1 Å². The molecule has 0 nitrogen and oxygen atoms in total. The number of aryl methyl sites for hydroxylation is 13. The molecule has 10 aromatic carbocycles. The maximum absolute atomic E-state index is 2.26. The van der Waals surface area contributed by atoms with Gasteiger partial charge in [0.15, 0.2) is 0 Å². The molecule has 0 aromatic heterocycles. The van der Waals surface area contributed by atoms with Gasteiger partial charge in [0.25, 0.3) is 0 Å². The van der Waals surface area contributed by atoms with Gasteiger partial charge in [-0.3, -0.25) is 0 Å². The van der Waals surface area contributed by atoms with Crippen LogP contribution in [0, 0.1) is 90.0 Å². The molecule has 0 unspecified atom stereocenters. The van der Waals surface area contributed by atoms with Gasteiger partial charge in [-0.2, -0.15) is 0 Å². The Labute approximate surface area is 416 Å². The highest BCUT2D eigenvalue weighted by molar-refractivity contribution is 5.89. The van der Waals surface area contributed by atoms with E-state index in [-0.39, 0.29) is 0 Å². The van der Waals surface area contributed by atoms with Gasteiger partial charge in [-0.05, 0) is 214 Å². The molecule has 0 saturated heterocycles. The highest BCUT2D eigenvalue weighted by Crippen LogP contribution is 2.27. The molecule has 0 atom stereocenters. The summed E-state index contributed by atoms with van der Waals surface area (Å²) in [5, 5.41) is 10.8. The summed E-state index contributed by atoms with van der Waals surface area (Å²) in [6.07, 6.45) is 5.39. The Bertz CT molecular complexity index is 3080. The maximum Gasteiger partial charge on any atom is -0.0152 e. The third kappa shape index (κ3) is 14.4. The number of benzene rings is 10. The van der Waals surface area contributed by atoms with Crippen molar-refractivity contribution < 1.29 is 0 Å². The Hall–Kier alpha value is -6.76. The molecule has 10 aromatic rings. The Morgan fingerprint density at radius 1 is 0.217 bits per heavy atom.